The van der Waals surface area contributed by atoms with E-state index in [9.17, 15) is 9.18 Å². The van der Waals surface area contributed by atoms with Gasteiger partial charge in [-0.15, -0.1) is 0 Å². The second-order valence-electron chi connectivity index (χ2n) is 5.39. The van der Waals surface area contributed by atoms with Crippen LogP contribution in [0.4, 0.5) is 4.39 Å². The lowest BCUT2D eigenvalue weighted by atomic mass is 9.83. The minimum Gasteiger partial charge on any atom is -0.322 e. The van der Waals surface area contributed by atoms with Crippen molar-refractivity contribution < 1.29 is 9.18 Å². The molecule has 2 aliphatic rings. The van der Waals surface area contributed by atoms with Crippen molar-refractivity contribution in [3.63, 3.8) is 0 Å². The first-order valence-corrected chi connectivity index (χ1v) is 6.73. The molecule has 1 aliphatic heterocycles. The summed E-state index contributed by atoms with van der Waals surface area (Å²) in [5.74, 6) is -0.0437. The summed E-state index contributed by atoms with van der Waals surface area (Å²) in [6.07, 6.45) is 4.40. The minimum atomic E-state index is -1.09. The first-order valence-electron chi connectivity index (χ1n) is 6.73. The number of hydrogen-bond donors (Lipinski definition) is 1. The normalized spacial score (nSPS) is 31.1. The van der Waals surface area contributed by atoms with Gasteiger partial charge in [0.2, 0.25) is 5.91 Å². The standard InChI is InChI=1S/C13H20FN3O/c14-10-6-11(7-15)17(8-10)13(18)12(16)9-4-2-1-3-5-9/h9-12H,1-6,8,16H2. The predicted octanol–water partition coefficient (Wildman–Crippen LogP) is 1.36. The molecule has 3 unspecified atom stereocenters. The van der Waals surface area contributed by atoms with Gasteiger partial charge in [0.25, 0.3) is 0 Å². The molecule has 0 aromatic rings. The number of nitrogens with zero attached hydrogens (tertiary/aromatic N) is 2. The van der Waals surface area contributed by atoms with E-state index in [1.807, 2.05) is 6.07 Å². The Morgan fingerprint density at radius 2 is 2.06 bits per heavy atom. The van der Waals surface area contributed by atoms with Gasteiger partial charge in [0.15, 0.2) is 0 Å². The van der Waals surface area contributed by atoms with E-state index in [1.165, 1.54) is 11.3 Å². The van der Waals surface area contributed by atoms with Gasteiger partial charge in [-0.1, -0.05) is 19.3 Å². The maximum Gasteiger partial charge on any atom is 0.240 e. The molecule has 3 atom stereocenters. The molecule has 0 aromatic carbocycles. The molecule has 18 heavy (non-hydrogen) atoms. The van der Waals surface area contributed by atoms with Crippen LogP contribution in [0, 0.1) is 17.2 Å². The molecule has 2 N–H and O–H groups in total. The van der Waals surface area contributed by atoms with E-state index < -0.39 is 18.3 Å². The van der Waals surface area contributed by atoms with Gasteiger partial charge in [-0.05, 0) is 18.8 Å². The third kappa shape index (κ3) is 2.64. The van der Waals surface area contributed by atoms with E-state index in [0.717, 1.165) is 25.7 Å². The highest BCUT2D eigenvalue weighted by atomic mass is 19.1. The molecule has 1 saturated carbocycles. The molecule has 2 rings (SSSR count). The summed E-state index contributed by atoms with van der Waals surface area (Å²) in [5.41, 5.74) is 6.01. The lowest BCUT2D eigenvalue weighted by Gasteiger charge is -2.30. The second kappa shape index (κ2) is 5.66. The molecular weight excluding hydrogens is 233 g/mol. The molecule has 100 valence electrons. The fourth-order valence-electron chi connectivity index (χ4n) is 3.04. The van der Waals surface area contributed by atoms with E-state index in [4.69, 9.17) is 11.0 Å². The third-order valence-corrected chi connectivity index (χ3v) is 4.12. The zero-order chi connectivity index (χ0) is 13.1. The Hall–Kier alpha value is -1.15. The Labute approximate surface area is 107 Å². The molecule has 0 bridgehead atoms. The molecule has 1 aliphatic carbocycles. The van der Waals surface area contributed by atoms with E-state index in [0.29, 0.717) is 0 Å². The minimum absolute atomic E-state index is 0.0253. The fraction of sp³-hybridized carbons (Fsp3) is 0.846. The summed E-state index contributed by atoms with van der Waals surface area (Å²) in [6, 6.07) is 0.792. The number of amides is 1. The number of alkyl halides is 1. The highest BCUT2D eigenvalue weighted by Gasteiger charge is 2.39. The van der Waals surface area contributed by atoms with Crippen molar-refractivity contribution in [1.82, 2.24) is 4.90 Å². The molecule has 1 amide bonds. The van der Waals surface area contributed by atoms with Gasteiger partial charge in [-0.25, -0.2) is 4.39 Å². The quantitative estimate of drug-likeness (QED) is 0.807. The van der Waals surface area contributed by atoms with Gasteiger partial charge in [0.05, 0.1) is 18.7 Å². The Kier molecular flexibility index (Phi) is 4.18. The number of halogens is 1. The molecule has 0 spiro atoms. The summed E-state index contributed by atoms with van der Waals surface area (Å²) in [7, 11) is 0. The van der Waals surface area contributed by atoms with Crippen LogP contribution in [0.1, 0.15) is 38.5 Å². The van der Waals surface area contributed by atoms with Crippen molar-refractivity contribution in [2.24, 2.45) is 11.7 Å². The summed E-state index contributed by atoms with van der Waals surface area (Å²) in [5, 5.41) is 8.94. The van der Waals surface area contributed by atoms with Gasteiger partial charge < -0.3 is 10.6 Å². The highest BCUT2D eigenvalue weighted by molar-refractivity contribution is 5.83. The summed E-state index contributed by atoms with van der Waals surface area (Å²) < 4.78 is 13.3. The Balaban J connectivity index is 1.99. The maximum absolute atomic E-state index is 13.3. The van der Waals surface area contributed by atoms with Gasteiger partial charge in [-0.2, -0.15) is 5.26 Å². The number of nitriles is 1. The number of nitrogens with two attached hydrogens (primary N) is 1. The predicted molar refractivity (Wildman–Crippen MR) is 65.2 cm³/mol. The van der Waals surface area contributed by atoms with E-state index >= 15 is 0 Å². The number of likely N-dealkylation sites (tertiary alicyclic amines) is 1. The fourth-order valence-corrected chi connectivity index (χ4v) is 3.04. The van der Waals surface area contributed by atoms with Crippen LogP contribution in [0.5, 0.6) is 0 Å². The maximum atomic E-state index is 13.3. The van der Waals surface area contributed by atoms with Crippen molar-refractivity contribution in [2.45, 2.75) is 56.8 Å². The number of carbonyl (C=O) groups is 1. The Bertz CT molecular complexity index is 349. The molecule has 1 saturated heterocycles. The smallest absolute Gasteiger partial charge is 0.240 e. The summed E-state index contributed by atoms with van der Waals surface area (Å²) >= 11 is 0. The van der Waals surface area contributed by atoms with Gasteiger partial charge in [-0.3, -0.25) is 4.79 Å². The van der Waals surface area contributed by atoms with Crippen LogP contribution < -0.4 is 5.73 Å². The SMILES string of the molecule is N#CC1CC(F)CN1C(=O)C(N)C1CCCCC1. The molecule has 1 heterocycles. The molecule has 0 radical (unpaired) electrons. The molecule has 2 fully saturated rings. The highest BCUT2D eigenvalue weighted by Crippen LogP contribution is 2.28. The summed E-state index contributed by atoms with van der Waals surface area (Å²) in [4.78, 5) is 13.6. The van der Waals surface area contributed by atoms with Crippen LogP contribution in [-0.2, 0) is 4.79 Å². The van der Waals surface area contributed by atoms with Crippen LogP contribution >= 0.6 is 0 Å². The molecule has 0 aromatic heterocycles. The van der Waals surface area contributed by atoms with Crippen LogP contribution in [-0.4, -0.2) is 35.6 Å². The monoisotopic (exact) mass is 253 g/mol. The van der Waals surface area contributed by atoms with Crippen LogP contribution in [0.2, 0.25) is 0 Å². The topological polar surface area (TPSA) is 70.1 Å². The number of rotatable bonds is 2. The van der Waals surface area contributed by atoms with E-state index in [2.05, 4.69) is 0 Å². The van der Waals surface area contributed by atoms with Crippen LogP contribution in [0.15, 0.2) is 0 Å². The van der Waals surface area contributed by atoms with Crippen LogP contribution in [0.3, 0.4) is 0 Å². The van der Waals surface area contributed by atoms with E-state index in [-0.39, 0.29) is 24.8 Å². The number of carbonyl (C=O) groups excluding carboxylic acids is 1. The molecule has 5 heteroatoms. The Morgan fingerprint density at radius 1 is 1.39 bits per heavy atom. The zero-order valence-electron chi connectivity index (χ0n) is 10.5. The average molecular weight is 253 g/mol. The first-order chi connectivity index (χ1) is 8.63. The van der Waals surface area contributed by atoms with Crippen molar-refractivity contribution >= 4 is 5.91 Å². The average Bonchev–Trinajstić information content (AvgIpc) is 2.79. The Morgan fingerprint density at radius 3 is 2.67 bits per heavy atom. The van der Waals surface area contributed by atoms with Crippen LogP contribution in [0.25, 0.3) is 0 Å². The number of hydrogen-bond acceptors (Lipinski definition) is 3. The van der Waals surface area contributed by atoms with Gasteiger partial charge in [0.1, 0.15) is 12.2 Å². The van der Waals surface area contributed by atoms with Crippen molar-refractivity contribution in [1.29, 1.82) is 5.26 Å². The summed E-state index contributed by atoms with van der Waals surface area (Å²) in [6.45, 7) is 0.0253. The largest absolute Gasteiger partial charge is 0.322 e. The van der Waals surface area contributed by atoms with Gasteiger partial charge in [0, 0.05) is 6.42 Å². The van der Waals surface area contributed by atoms with Crippen molar-refractivity contribution in [3.05, 3.63) is 0 Å². The lowest BCUT2D eigenvalue weighted by molar-refractivity contribution is -0.134. The lowest BCUT2D eigenvalue weighted by Crippen LogP contribution is -2.49. The zero-order valence-corrected chi connectivity index (χ0v) is 10.5. The second-order valence-corrected chi connectivity index (χ2v) is 5.39. The van der Waals surface area contributed by atoms with Crippen molar-refractivity contribution in [3.8, 4) is 6.07 Å². The van der Waals surface area contributed by atoms with Crippen molar-refractivity contribution in [2.75, 3.05) is 6.54 Å². The van der Waals surface area contributed by atoms with E-state index in [1.54, 1.807) is 0 Å². The molecule has 4 nitrogen and oxygen atoms in total. The molecular formula is C13H20FN3O. The third-order valence-electron chi connectivity index (χ3n) is 4.12. The van der Waals surface area contributed by atoms with Gasteiger partial charge >= 0.3 is 0 Å². The first kappa shape index (κ1) is 13.3.